The average molecular weight is 571 g/mol. The van der Waals surface area contributed by atoms with Crippen LogP contribution in [0.4, 0.5) is 0 Å². The Labute approximate surface area is 245 Å². The molecule has 0 spiro atoms. The van der Waals surface area contributed by atoms with Crippen molar-refractivity contribution in [2.75, 3.05) is 6.61 Å². The number of phenolic OH excluding ortho intramolecular Hbond substituents is 2. The largest absolute Gasteiger partial charge is 0.507 e. The second kappa shape index (κ2) is 15.1. The molecule has 218 valence electrons. The Morgan fingerprint density at radius 3 is 1.57 bits per heavy atom. The molecule has 1 atom stereocenters. The van der Waals surface area contributed by atoms with Gasteiger partial charge in [0, 0.05) is 0 Å². The minimum absolute atomic E-state index is 0.0365. The summed E-state index contributed by atoms with van der Waals surface area (Å²) in [4.78, 5) is 24.4. The molecule has 2 N–H and O–H groups in total. The number of ether oxygens (including phenoxy) is 4. The highest BCUT2D eigenvalue weighted by Crippen LogP contribution is 2.24. The molecule has 8 nitrogen and oxygen atoms in total. The third kappa shape index (κ3) is 9.02. The predicted octanol–water partition coefficient (Wildman–Crippen LogP) is 7.33. The third-order valence-corrected chi connectivity index (χ3v) is 6.43. The molecule has 0 fully saturated rings. The zero-order valence-electron chi connectivity index (χ0n) is 23.4. The van der Waals surface area contributed by atoms with Gasteiger partial charge in [-0.15, -0.1) is 0 Å². The molecule has 0 aliphatic carbocycles. The summed E-state index contributed by atoms with van der Waals surface area (Å²) in [5.41, 5.74) is 0.221. The van der Waals surface area contributed by atoms with Gasteiger partial charge in [0.25, 0.3) is 0 Å². The molecule has 0 heterocycles. The Balaban J connectivity index is 1.07. The first-order valence-electron chi connectivity index (χ1n) is 13.9. The van der Waals surface area contributed by atoms with Crippen molar-refractivity contribution in [1.82, 2.24) is 0 Å². The normalized spacial score (nSPS) is 11.4. The number of aromatic hydroxyl groups is 2. The highest BCUT2D eigenvalue weighted by Gasteiger charge is 2.14. The molecule has 0 saturated carbocycles. The van der Waals surface area contributed by atoms with Crippen LogP contribution < -0.4 is 18.9 Å². The molecule has 0 radical (unpaired) electrons. The number of carbonyl (C=O) groups is 2. The van der Waals surface area contributed by atoms with Crippen LogP contribution in [0.1, 0.15) is 59.7 Å². The maximum absolute atomic E-state index is 12.2. The second-order valence-corrected chi connectivity index (χ2v) is 9.74. The lowest BCUT2D eigenvalue weighted by Crippen LogP contribution is -2.12. The van der Waals surface area contributed by atoms with E-state index in [9.17, 15) is 19.8 Å². The molecular formula is C34H34O8. The third-order valence-electron chi connectivity index (χ3n) is 6.43. The Bertz CT molecular complexity index is 1450. The first kappa shape index (κ1) is 30.0. The Morgan fingerprint density at radius 1 is 0.595 bits per heavy atom. The number of hydrogen-bond acceptors (Lipinski definition) is 8. The van der Waals surface area contributed by atoms with Gasteiger partial charge in [0.2, 0.25) is 0 Å². The summed E-state index contributed by atoms with van der Waals surface area (Å²) in [6.07, 6.45) is 4.97. The average Bonchev–Trinajstić information content (AvgIpc) is 2.99. The van der Waals surface area contributed by atoms with E-state index in [-0.39, 0.29) is 28.7 Å². The van der Waals surface area contributed by atoms with Crippen LogP contribution in [0.3, 0.4) is 0 Å². The molecular weight excluding hydrogens is 536 g/mol. The molecule has 0 amide bonds. The number of unbranched alkanes of at least 4 members (excludes halogenated alkanes) is 3. The van der Waals surface area contributed by atoms with Gasteiger partial charge in [-0.2, -0.15) is 0 Å². The van der Waals surface area contributed by atoms with Crippen LogP contribution >= 0.6 is 0 Å². The summed E-state index contributed by atoms with van der Waals surface area (Å²) in [6, 6.07) is 26.1. The van der Waals surface area contributed by atoms with Crippen molar-refractivity contribution in [2.45, 2.75) is 45.1 Å². The number of carbonyl (C=O) groups excluding carboxylic acids is 2. The van der Waals surface area contributed by atoms with E-state index < -0.39 is 11.9 Å². The van der Waals surface area contributed by atoms with Crippen LogP contribution in [0, 0.1) is 0 Å². The molecule has 1 unspecified atom stereocenters. The van der Waals surface area contributed by atoms with Gasteiger partial charge in [0.1, 0.15) is 45.6 Å². The van der Waals surface area contributed by atoms with Crippen LogP contribution in [0.25, 0.3) is 0 Å². The number of phenols is 2. The van der Waals surface area contributed by atoms with Crippen molar-refractivity contribution >= 4 is 11.9 Å². The lowest BCUT2D eigenvalue weighted by Gasteiger charge is -2.15. The van der Waals surface area contributed by atoms with Crippen molar-refractivity contribution < 1.29 is 38.7 Å². The van der Waals surface area contributed by atoms with Gasteiger partial charge < -0.3 is 29.2 Å². The number of hydrogen-bond donors (Lipinski definition) is 2. The van der Waals surface area contributed by atoms with Crippen molar-refractivity contribution in [2.24, 2.45) is 0 Å². The van der Waals surface area contributed by atoms with Crippen LogP contribution in [0.5, 0.6) is 34.5 Å². The summed E-state index contributed by atoms with van der Waals surface area (Å²) in [5, 5.41) is 19.6. The monoisotopic (exact) mass is 570 g/mol. The quantitative estimate of drug-likeness (QED) is 0.0921. The second-order valence-electron chi connectivity index (χ2n) is 9.74. The van der Waals surface area contributed by atoms with Crippen molar-refractivity contribution in [3.8, 4) is 34.5 Å². The van der Waals surface area contributed by atoms with Gasteiger partial charge in [-0.3, -0.25) is 0 Å². The van der Waals surface area contributed by atoms with E-state index in [0.717, 1.165) is 32.1 Å². The molecule has 42 heavy (non-hydrogen) atoms. The fourth-order valence-corrected chi connectivity index (χ4v) is 4.18. The van der Waals surface area contributed by atoms with E-state index in [1.807, 2.05) is 6.92 Å². The number of esters is 2. The fraction of sp³-hybridized carbons (Fsp3) is 0.235. The molecule has 4 aromatic carbocycles. The number of rotatable bonds is 14. The van der Waals surface area contributed by atoms with E-state index in [4.69, 9.17) is 18.9 Å². The summed E-state index contributed by atoms with van der Waals surface area (Å²) in [7, 11) is 0. The summed E-state index contributed by atoms with van der Waals surface area (Å²) in [5.74, 6) is 0.637. The highest BCUT2D eigenvalue weighted by atomic mass is 16.5. The molecule has 0 saturated heterocycles. The van der Waals surface area contributed by atoms with Crippen LogP contribution in [-0.4, -0.2) is 34.9 Å². The van der Waals surface area contributed by atoms with Gasteiger partial charge in [-0.05, 0) is 99.0 Å². The van der Waals surface area contributed by atoms with Gasteiger partial charge in [0.05, 0.1) is 12.7 Å². The summed E-state index contributed by atoms with van der Waals surface area (Å²) in [6.45, 7) is 2.61. The molecule has 0 aliphatic heterocycles. The van der Waals surface area contributed by atoms with Gasteiger partial charge in [0.15, 0.2) is 0 Å². The van der Waals surface area contributed by atoms with Gasteiger partial charge in [-0.25, -0.2) is 9.59 Å². The highest BCUT2D eigenvalue weighted by molar-refractivity contribution is 5.94. The molecule has 0 aromatic heterocycles. The molecule has 0 aliphatic rings. The maximum Gasteiger partial charge on any atom is 0.347 e. The number of benzene rings is 4. The van der Waals surface area contributed by atoms with E-state index in [1.165, 1.54) is 24.3 Å². The standard InChI is InChI=1S/C34H34O8/c1-24(40-26-19-21-28(22-20-26)42-34(38)30-12-6-8-14-32(30)36)10-4-2-3-9-23-39-25-15-17-27(18-16-25)41-33(37)29-11-5-7-13-31(29)35/h5-8,11-22,24,35-36H,2-4,9-10,23H2,1H3. The van der Waals surface area contributed by atoms with E-state index in [1.54, 1.807) is 72.8 Å². The molecule has 4 aromatic rings. The summed E-state index contributed by atoms with van der Waals surface area (Å²) < 4.78 is 22.4. The smallest absolute Gasteiger partial charge is 0.347 e. The van der Waals surface area contributed by atoms with Crippen molar-refractivity contribution in [3.63, 3.8) is 0 Å². The molecule has 4 rings (SSSR count). The van der Waals surface area contributed by atoms with Crippen molar-refractivity contribution in [3.05, 3.63) is 108 Å². The first-order valence-corrected chi connectivity index (χ1v) is 13.9. The SMILES string of the molecule is CC(CCCCCCOc1ccc(OC(=O)c2ccccc2O)cc1)Oc1ccc(OC(=O)c2ccccc2O)cc1. The Morgan fingerprint density at radius 2 is 1.05 bits per heavy atom. The predicted molar refractivity (Wildman–Crippen MR) is 158 cm³/mol. The van der Waals surface area contributed by atoms with E-state index in [2.05, 4.69) is 0 Å². The maximum atomic E-state index is 12.2. The van der Waals surface area contributed by atoms with E-state index >= 15 is 0 Å². The molecule has 8 heteroatoms. The zero-order chi connectivity index (χ0) is 29.7. The topological polar surface area (TPSA) is 112 Å². The number of para-hydroxylation sites is 2. The minimum atomic E-state index is -0.622. The Kier molecular flexibility index (Phi) is 10.8. The zero-order valence-corrected chi connectivity index (χ0v) is 23.4. The van der Waals surface area contributed by atoms with Crippen LogP contribution in [0.2, 0.25) is 0 Å². The van der Waals surface area contributed by atoms with Crippen LogP contribution in [0.15, 0.2) is 97.1 Å². The lowest BCUT2D eigenvalue weighted by atomic mass is 10.1. The van der Waals surface area contributed by atoms with Gasteiger partial charge >= 0.3 is 11.9 Å². The minimum Gasteiger partial charge on any atom is -0.507 e. The molecule has 0 bridgehead atoms. The fourth-order valence-electron chi connectivity index (χ4n) is 4.18. The van der Waals surface area contributed by atoms with Crippen LogP contribution in [-0.2, 0) is 0 Å². The van der Waals surface area contributed by atoms with Gasteiger partial charge in [-0.1, -0.05) is 37.1 Å². The lowest BCUT2D eigenvalue weighted by molar-refractivity contribution is 0.0721. The van der Waals surface area contributed by atoms with E-state index in [0.29, 0.717) is 29.6 Å². The Hall–Kier alpha value is -4.98. The summed E-state index contributed by atoms with van der Waals surface area (Å²) >= 11 is 0. The first-order chi connectivity index (χ1) is 20.4. The van der Waals surface area contributed by atoms with Crippen molar-refractivity contribution in [1.29, 1.82) is 0 Å².